The van der Waals surface area contributed by atoms with Gasteiger partial charge in [0, 0.05) is 11.8 Å². The average Bonchev–Trinajstić information content (AvgIpc) is 3.17. The molecule has 0 saturated carbocycles. The number of rotatable bonds is 6. The maximum absolute atomic E-state index is 12.8. The summed E-state index contributed by atoms with van der Waals surface area (Å²) in [4.78, 5) is 24.3. The average molecular weight is 422 g/mol. The zero-order chi connectivity index (χ0) is 21.7. The van der Waals surface area contributed by atoms with Gasteiger partial charge in [-0.15, -0.1) is 0 Å². The molecule has 1 aliphatic rings. The highest BCUT2D eigenvalue weighted by molar-refractivity contribution is 6.00. The summed E-state index contributed by atoms with van der Waals surface area (Å²) in [5.74, 6) is -0.415. The fourth-order valence-corrected chi connectivity index (χ4v) is 2.61. The Morgan fingerprint density at radius 2 is 1.90 bits per heavy atom. The molecule has 7 nitrogen and oxygen atoms in total. The number of fused-ring (bicyclic) bond motifs is 1. The van der Waals surface area contributed by atoms with Crippen LogP contribution in [0, 0.1) is 0 Å². The molecule has 2 amide bonds. The molecule has 30 heavy (non-hydrogen) atoms. The van der Waals surface area contributed by atoms with E-state index in [0.29, 0.717) is 17.1 Å². The minimum Gasteiger partial charge on any atom is -0.454 e. The van der Waals surface area contributed by atoms with Crippen LogP contribution < -0.4 is 20.1 Å². The van der Waals surface area contributed by atoms with Gasteiger partial charge in [0.1, 0.15) is 6.04 Å². The summed E-state index contributed by atoms with van der Waals surface area (Å²) in [6.45, 7) is -0.628. The molecular formula is C20H17F3N2O5. The molecule has 10 heteroatoms. The molecule has 0 radical (unpaired) electrons. The molecule has 1 atom stereocenters. The molecule has 0 spiro atoms. The second-order valence-corrected chi connectivity index (χ2v) is 6.26. The largest absolute Gasteiger partial charge is 0.454 e. The molecule has 158 valence electrons. The van der Waals surface area contributed by atoms with Crippen LogP contribution in [-0.4, -0.2) is 36.4 Å². The lowest BCUT2D eigenvalue weighted by Crippen LogP contribution is -2.45. The van der Waals surface area contributed by atoms with Gasteiger partial charge in [-0.1, -0.05) is 12.1 Å². The maximum atomic E-state index is 12.8. The Morgan fingerprint density at radius 3 is 2.63 bits per heavy atom. The third-order valence-electron chi connectivity index (χ3n) is 4.10. The Labute approximate surface area is 169 Å². The first-order valence-corrected chi connectivity index (χ1v) is 8.73. The molecule has 1 aliphatic heterocycles. The molecule has 1 heterocycles. The van der Waals surface area contributed by atoms with Gasteiger partial charge < -0.3 is 25.2 Å². The highest BCUT2D eigenvalue weighted by atomic mass is 19.4. The minimum absolute atomic E-state index is 0.113. The molecule has 0 fully saturated rings. The molecule has 1 unspecified atom stereocenters. The number of aliphatic hydroxyl groups excluding tert-OH is 1. The molecule has 2 aromatic rings. The van der Waals surface area contributed by atoms with Crippen molar-refractivity contribution in [2.45, 2.75) is 12.2 Å². The van der Waals surface area contributed by atoms with Crippen LogP contribution in [0.15, 0.2) is 48.5 Å². The lowest BCUT2D eigenvalue weighted by Gasteiger charge is -2.16. The normalized spacial score (nSPS) is 13.9. The number of halogens is 3. The van der Waals surface area contributed by atoms with Crippen molar-refractivity contribution in [2.24, 2.45) is 0 Å². The third kappa shape index (κ3) is 5.29. The van der Waals surface area contributed by atoms with Crippen LogP contribution in [0.5, 0.6) is 11.5 Å². The van der Waals surface area contributed by atoms with E-state index in [9.17, 15) is 27.9 Å². The van der Waals surface area contributed by atoms with Gasteiger partial charge in [0.25, 0.3) is 0 Å². The van der Waals surface area contributed by atoms with E-state index in [4.69, 9.17) is 9.47 Å². The number of alkyl halides is 3. The summed E-state index contributed by atoms with van der Waals surface area (Å²) in [7, 11) is 0. The summed E-state index contributed by atoms with van der Waals surface area (Å²) in [6.07, 6.45) is -1.95. The van der Waals surface area contributed by atoms with E-state index in [1.807, 2.05) is 0 Å². The van der Waals surface area contributed by atoms with Crippen molar-refractivity contribution < 1.29 is 37.3 Å². The van der Waals surface area contributed by atoms with E-state index in [0.717, 1.165) is 24.3 Å². The maximum Gasteiger partial charge on any atom is 0.416 e. The van der Waals surface area contributed by atoms with Crippen molar-refractivity contribution in [3.8, 4) is 11.5 Å². The Morgan fingerprint density at radius 1 is 1.13 bits per heavy atom. The van der Waals surface area contributed by atoms with Gasteiger partial charge in [-0.05, 0) is 42.0 Å². The van der Waals surface area contributed by atoms with Crippen molar-refractivity contribution in [3.05, 3.63) is 59.7 Å². The number of hydrogen-bond donors (Lipinski definition) is 3. The number of amides is 2. The summed E-state index contributed by atoms with van der Waals surface area (Å²) < 4.78 is 48.7. The van der Waals surface area contributed by atoms with Crippen LogP contribution >= 0.6 is 0 Å². The summed E-state index contributed by atoms with van der Waals surface area (Å²) in [5.41, 5.74) is -0.404. The number of aliphatic hydroxyl groups is 1. The zero-order valence-electron chi connectivity index (χ0n) is 15.4. The standard InChI is InChI=1S/C20H17F3N2O5/c21-20(22,23)13-2-1-3-14(9-13)24-19(28)15(10-26)25-18(27)7-5-12-4-6-16-17(8-12)30-11-29-16/h1-9,15,26H,10-11H2,(H,24,28)(H,25,27). The first kappa shape index (κ1) is 21.2. The van der Waals surface area contributed by atoms with Gasteiger partial charge in [0.05, 0.1) is 12.2 Å². The minimum atomic E-state index is -4.56. The van der Waals surface area contributed by atoms with Crippen LogP contribution in [0.25, 0.3) is 6.08 Å². The first-order valence-electron chi connectivity index (χ1n) is 8.73. The molecule has 0 bridgehead atoms. The molecule has 0 saturated heterocycles. The van der Waals surface area contributed by atoms with Gasteiger partial charge in [-0.25, -0.2) is 0 Å². The molecule has 3 rings (SSSR count). The number of ether oxygens (including phenoxy) is 2. The topological polar surface area (TPSA) is 96.9 Å². The summed E-state index contributed by atoms with van der Waals surface area (Å²) >= 11 is 0. The van der Waals surface area contributed by atoms with Crippen molar-refractivity contribution in [3.63, 3.8) is 0 Å². The van der Waals surface area contributed by atoms with Crippen molar-refractivity contribution in [1.82, 2.24) is 5.32 Å². The Bertz CT molecular complexity index is 975. The first-order chi connectivity index (χ1) is 14.3. The van der Waals surface area contributed by atoms with Gasteiger partial charge >= 0.3 is 6.18 Å². The van der Waals surface area contributed by atoms with Crippen LogP contribution in [-0.2, 0) is 15.8 Å². The van der Waals surface area contributed by atoms with Crippen molar-refractivity contribution >= 4 is 23.6 Å². The molecule has 0 aromatic heterocycles. The number of benzene rings is 2. The summed E-state index contributed by atoms with van der Waals surface area (Å²) in [5, 5.41) is 13.9. The number of anilines is 1. The van der Waals surface area contributed by atoms with Crippen LogP contribution in [0.4, 0.5) is 18.9 Å². The number of carbonyl (C=O) groups is 2. The predicted octanol–water partition coefficient (Wildman–Crippen LogP) is 2.56. The SMILES string of the molecule is O=C(C=Cc1ccc2c(c1)OCO2)NC(CO)C(=O)Nc1cccc(C(F)(F)F)c1. The lowest BCUT2D eigenvalue weighted by atomic mass is 10.1. The van der Waals surface area contributed by atoms with Crippen molar-refractivity contribution in [2.75, 3.05) is 18.7 Å². The lowest BCUT2D eigenvalue weighted by molar-refractivity contribution is -0.137. The van der Waals surface area contributed by atoms with E-state index >= 15 is 0 Å². The van der Waals surface area contributed by atoms with E-state index in [-0.39, 0.29) is 12.5 Å². The van der Waals surface area contributed by atoms with Crippen LogP contribution in [0.3, 0.4) is 0 Å². The highest BCUT2D eigenvalue weighted by Crippen LogP contribution is 2.33. The summed E-state index contributed by atoms with van der Waals surface area (Å²) in [6, 6.07) is 7.71. The van der Waals surface area contributed by atoms with Crippen LogP contribution in [0.1, 0.15) is 11.1 Å². The quantitative estimate of drug-likeness (QED) is 0.622. The van der Waals surface area contributed by atoms with Gasteiger partial charge in [0.2, 0.25) is 18.6 Å². The Kier molecular flexibility index (Phi) is 6.26. The fourth-order valence-electron chi connectivity index (χ4n) is 2.61. The molecular weight excluding hydrogens is 405 g/mol. The van der Waals surface area contributed by atoms with E-state index in [1.165, 1.54) is 12.1 Å². The molecule has 2 aromatic carbocycles. The molecule has 0 aliphatic carbocycles. The predicted molar refractivity (Wildman–Crippen MR) is 101 cm³/mol. The smallest absolute Gasteiger partial charge is 0.416 e. The second kappa shape index (κ2) is 8.87. The fraction of sp³-hybridized carbons (Fsp3) is 0.200. The number of hydrogen-bond acceptors (Lipinski definition) is 5. The zero-order valence-corrected chi connectivity index (χ0v) is 15.4. The van der Waals surface area contributed by atoms with Gasteiger partial charge in [-0.2, -0.15) is 13.2 Å². The van der Waals surface area contributed by atoms with E-state index in [2.05, 4.69) is 10.6 Å². The number of nitrogens with one attached hydrogen (secondary N) is 2. The Balaban J connectivity index is 1.60. The van der Waals surface area contributed by atoms with Crippen molar-refractivity contribution in [1.29, 1.82) is 0 Å². The number of carbonyl (C=O) groups excluding carboxylic acids is 2. The Hall–Kier alpha value is -3.53. The van der Waals surface area contributed by atoms with Crippen LogP contribution in [0.2, 0.25) is 0 Å². The van der Waals surface area contributed by atoms with E-state index in [1.54, 1.807) is 18.2 Å². The second-order valence-electron chi connectivity index (χ2n) is 6.26. The van der Waals surface area contributed by atoms with Gasteiger partial charge in [0.15, 0.2) is 11.5 Å². The van der Waals surface area contributed by atoms with E-state index < -0.39 is 36.2 Å². The highest BCUT2D eigenvalue weighted by Gasteiger charge is 2.30. The third-order valence-corrected chi connectivity index (χ3v) is 4.10. The van der Waals surface area contributed by atoms with Gasteiger partial charge in [-0.3, -0.25) is 9.59 Å². The monoisotopic (exact) mass is 422 g/mol. The molecule has 3 N–H and O–H groups in total.